The van der Waals surface area contributed by atoms with E-state index < -0.39 is 0 Å². The van der Waals surface area contributed by atoms with Crippen LogP contribution in [0.2, 0.25) is 0 Å². The first-order chi connectivity index (χ1) is 8.41. The fraction of sp³-hybridized carbons (Fsp3) is 0.727. The molecule has 18 heavy (non-hydrogen) atoms. The summed E-state index contributed by atoms with van der Waals surface area (Å²) in [5.41, 5.74) is 0.502. The van der Waals surface area contributed by atoms with Gasteiger partial charge in [0.1, 0.15) is 5.69 Å². The molecule has 1 aromatic rings. The highest BCUT2D eigenvalue weighted by molar-refractivity contribution is 5.61. The van der Waals surface area contributed by atoms with E-state index >= 15 is 0 Å². The van der Waals surface area contributed by atoms with Crippen LogP contribution in [-0.4, -0.2) is 39.0 Å². The second kappa shape index (κ2) is 4.56. The number of aliphatic hydroxyl groups is 1. The number of hydrogen-bond acceptors (Lipinski definition) is 5. The van der Waals surface area contributed by atoms with Crippen LogP contribution in [0.3, 0.4) is 0 Å². The van der Waals surface area contributed by atoms with Crippen molar-refractivity contribution in [3.63, 3.8) is 0 Å². The van der Waals surface area contributed by atoms with E-state index in [1.54, 1.807) is 25.6 Å². The highest BCUT2D eigenvalue weighted by Crippen LogP contribution is 2.34. The van der Waals surface area contributed by atoms with Gasteiger partial charge in [0, 0.05) is 26.1 Å². The Morgan fingerprint density at radius 3 is 2.78 bits per heavy atom. The minimum absolute atomic E-state index is 0.0729. The van der Waals surface area contributed by atoms with Gasteiger partial charge < -0.3 is 10.0 Å². The lowest BCUT2D eigenvalue weighted by molar-refractivity contribution is -0.384. The molecule has 0 saturated carbocycles. The number of anilines is 1. The number of hydrogen-bond donors (Lipinski definition) is 1. The quantitative estimate of drug-likeness (QED) is 0.638. The first-order valence-corrected chi connectivity index (χ1v) is 6.02. The van der Waals surface area contributed by atoms with Crippen molar-refractivity contribution >= 4 is 11.5 Å². The molecule has 7 heteroatoms. The number of rotatable bonds is 3. The van der Waals surface area contributed by atoms with Gasteiger partial charge in [-0.25, -0.2) is 4.68 Å². The van der Waals surface area contributed by atoms with Crippen molar-refractivity contribution in [1.82, 2.24) is 9.78 Å². The fourth-order valence-corrected chi connectivity index (χ4v) is 2.58. The molecule has 2 rings (SSSR count). The minimum Gasteiger partial charge on any atom is -0.393 e. The average Bonchev–Trinajstić information content (AvgIpc) is 2.81. The summed E-state index contributed by atoms with van der Waals surface area (Å²) in [5, 5.41) is 24.8. The Bertz CT molecular complexity index is 469. The Hall–Kier alpha value is -1.63. The maximum atomic E-state index is 11.1. The summed E-state index contributed by atoms with van der Waals surface area (Å²) in [7, 11) is 1.71. The second-order valence-electron chi connectivity index (χ2n) is 4.87. The molecule has 0 amide bonds. The van der Waals surface area contributed by atoms with Gasteiger partial charge in [0.25, 0.3) is 0 Å². The molecule has 2 unspecified atom stereocenters. The van der Waals surface area contributed by atoms with Crippen LogP contribution in [0.15, 0.2) is 0 Å². The second-order valence-corrected chi connectivity index (χ2v) is 4.87. The first-order valence-electron chi connectivity index (χ1n) is 6.02. The topological polar surface area (TPSA) is 84.4 Å². The third-order valence-corrected chi connectivity index (χ3v) is 3.55. The van der Waals surface area contributed by atoms with E-state index in [-0.39, 0.29) is 22.6 Å². The predicted molar refractivity (Wildman–Crippen MR) is 66.6 cm³/mol. The number of aromatic nitrogens is 2. The van der Waals surface area contributed by atoms with Crippen molar-refractivity contribution in [2.75, 3.05) is 18.0 Å². The van der Waals surface area contributed by atoms with Crippen LogP contribution >= 0.6 is 0 Å². The summed E-state index contributed by atoms with van der Waals surface area (Å²) < 4.78 is 1.55. The van der Waals surface area contributed by atoms with Crippen molar-refractivity contribution < 1.29 is 10.0 Å². The van der Waals surface area contributed by atoms with E-state index in [4.69, 9.17) is 0 Å². The molecule has 0 aromatic carbocycles. The van der Waals surface area contributed by atoms with Crippen LogP contribution in [0.5, 0.6) is 0 Å². The number of nitrogens with zero attached hydrogens (tertiary/aromatic N) is 4. The molecule has 1 N–H and O–H groups in total. The lowest BCUT2D eigenvalue weighted by Crippen LogP contribution is -2.26. The van der Waals surface area contributed by atoms with Crippen molar-refractivity contribution in [3.05, 3.63) is 15.8 Å². The SMILES string of the molecule is Cc1nn(C)c(N2CCC(C(C)O)C2)c1[N+](=O)[O-]. The molecule has 1 aliphatic heterocycles. The van der Waals surface area contributed by atoms with Gasteiger partial charge in [-0.2, -0.15) is 5.10 Å². The van der Waals surface area contributed by atoms with Crippen LogP contribution in [0, 0.1) is 23.0 Å². The van der Waals surface area contributed by atoms with Crippen LogP contribution < -0.4 is 4.90 Å². The Balaban J connectivity index is 2.32. The van der Waals surface area contributed by atoms with Gasteiger partial charge in [-0.05, 0) is 20.3 Å². The summed E-state index contributed by atoms with van der Waals surface area (Å²) in [5.74, 6) is 0.709. The van der Waals surface area contributed by atoms with E-state index in [2.05, 4.69) is 5.10 Å². The zero-order chi connectivity index (χ0) is 13.4. The summed E-state index contributed by atoms with van der Waals surface area (Å²) in [6, 6.07) is 0. The lowest BCUT2D eigenvalue weighted by atomic mass is 10.0. The molecular formula is C11H18N4O3. The smallest absolute Gasteiger partial charge is 0.333 e. The Kier molecular flexibility index (Phi) is 3.25. The van der Waals surface area contributed by atoms with E-state index in [0.29, 0.717) is 18.1 Å². The Morgan fingerprint density at radius 1 is 1.61 bits per heavy atom. The third kappa shape index (κ3) is 2.05. The third-order valence-electron chi connectivity index (χ3n) is 3.55. The van der Waals surface area contributed by atoms with Gasteiger partial charge in [0.2, 0.25) is 5.82 Å². The molecule has 1 fully saturated rings. The van der Waals surface area contributed by atoms with Gasteiger partial charge in [0.15, 0.2) is 0 Å². The summed E-state index contributed by atoms with van der Waals surface area (Å²) in [6.07, 6.45) is 0.461. The average molecular weight is 254 g/mol. The van der Waals surface area contributed by atoms with E-state index in [1.165, 1.54) is 0 Å². The van der Waals surface area contributed by atoms with Gasteiger partial charge in [-0.15, -0.1) is 0 Å². The van der Waals surface area contributed by atoms with E-state index in [0.717, 1.165) is 13.0 Å². The van der Waals surface area contributed by atoms with Crippen LogP contribution in [0.4, 0.5) is 11.5 Å². The number of aliphatic hydroxyl groups excluding tert-OH is 1. The van der Waals surface area contributed by atoms with Gasteiger partial charge in [-0.3, -0.25) is 10.1 Å². The standard InChI is InChI=1S/C11H18N4O3/c1-7-10(15(17)18)11(13(3)12-7)14-5-4-9(6-14)8(2)16/h8-9,16H,4-6H2,1-3H3. The summed E-state index contributed by atoms with van der Waals surface area (Å²) in [6.45, 7) is 4.76. The molecule has 0 radical (unpaired) electrons. The molecule has 2 atom stereocenters. The monoisotopic (exact) mass is 254 g/mol. The fourth-order valence-electron chi connectivity index (χ4n) is 2.58. The Morgan fingerprint density at radius 2 is 2.28 bits per heavy atom. The molecule has 1 aliphatic rings. The van der Waals surface area contributed by atoms with E-state index in [9.17, 15) is 15.2 Å². The van der Waals surface area contributed by atoms with Crippen molar-refractivity contribution in [3.8, 4) is 0 Å². The van der Waals surface area contributed by atoms with Gasteiger partial charge in [-0.1, -0.05) is 0 Å². The Labute approximate surface area is 105 Å². The summed E-state index contributed by atoms with van der Waals surface area (Å²) >= 11 is 0. The highest BCUT2D eigenvalue weighted by Gasteiger charge is 2.34. The molecule has 7 nitrogen and oxygen atoms in total. The molecule has 0 bridgehead atoms. The maximum absolute atomic E-state index is 11.1. The molecule has 0 aliphatic carbocycles. The predicted octanol–water partition coefficient (Wildman–Crippen LogP) is 0.844. The van der Waals surface area contributed by atoms with Crippen LogP contribution in [-0.2, 0) is 7.05 Å². The van der Waals surface area contributed by atoms with Crippen LogP contribution in [0.25, 0.3) is 0 Å². The lowest BCUT2D eigenvalue weighted by Gasteiger charge is -2.18. The molecule has 0 spiro atoms. The van der Waals surface area contributed by atoms with Crippen molar-refractivity contribution in [2.45, 2.75) is 26.4 Å². The van der Waals surface area contributed by atoms with Crippen molar-refractivity contribution in [1.29, 1.82) is 0 Å². The molecular weight excluding hydrogens is 236 g/mol. The zero-order valence-corrected chi connectivity index (χ0v) is 10.8. The minimum atomic E-state index is -0.386. The normalized spacial score (nSPS) is 21.3. The van der Waals surface area contributed by atoms with E-state index in [1.807, 2.05) is 4.90 Å². The largest absolute Gasteiger partial charge is 0.393 e. The van der Waals surface area contributed by atoms with Crippen LogP contribution in [0.1, 0.15) is 19.0 Å². The zero-order valence-electron chi connectivity index (χ0n) is 10.8. The molecule has 1 aromatic heterocycles. The van der Waals surface area contributed by atoms with Gasteiger partial charge >= 0.3 is 5.69 Å². The highest BCUT2D eigenvalue weighted by atomic mass is 16.6. The van der Waals surface area contributed by atoms with Crippen molar-refractivity contribution in [2.24, 2.45) is 13.0 Å². The number of nitro groups is 1. The first kappa shape index (κ1) is 12.8. The number of aryl methyl sites for hydroxylation is 2. The molecule has 2 heterocycles. The summed E-state index contributed by atoms with van der Waals surface area (Å²) in [4.78, 5) is 12.7. The molecule has 100 valence electrons. The van der Waals surface area contributed by atoms with Gasteiger partial charge in [0.05, 0.1) is 11.0 Å². The molecule has 1 saturated heterocycles. The maximum Gasteiger partial charge on any atom is 0.333 e.